The normalized spacial score (nSPS) is 12.7. The van der Waals surface area contributed by atoms with E-state index in [1.165, 1.54) is 22.3 Å². The molecule has 0 spiro atoms. The summed E-state index contributed by atoms with van der Waals surface area (Å²) in [7, 11) is 2.02. The first-order chi connectivity index (χ1) is 12.9. The van der Waals surface area contributed by atoms with Crippen molar-refractivity contribution in [3.05, 3.63) is 44.6 Å². The smallest absolute Gasteiger partial charge is 0.184 e. The highest BCUT2D eigenvalue weighted by Crippen LogP contribution is 2.30. The van der Waals surface area contributed by atoms with Crippen molar-refractivity contribution in [2.45, 2.75) is 59.9 Å². The van der Waals surface area contributed by atoms with Crippen molar-refractivity contribution in [2.24, 2.45) is 0 Å². The molecule has 144 valence electrons. The van der Waals surface area contributed by atoms with Gasteiger partial charge in [-0.1, -0.05) is 29.8 Å². The number of rotatable bonds is 6. The van der Waals surface area contributed by atoms with E-state index < -0.39 is 0 Å². The van der Waals surface area contributed by atoms with Crippen LogP contribution in [0, 0.1) is 27.7 Å². The molecule has 3 aromatic rings. The molecular formula is C21H28BrN5. The zero-order valence-corrected chi connectivity index (χ0v) is 18.6. The predicted molar refractivity (Wildman–Crippen MR) is 115 cm³/mol. The van der Waals surface area contributed by atoms with Crippen LogP contribution in [0.25, 0.3) is 16.9 Å². The topological polar surface area (TPSA) is 55.6 Å². The Morgan fingerprint density at radius 3 is 2.41 bits per heavy atom. The number of hydrogen-bond acceptors (Lipinski definition) is 4. The number of halogens is 1. The number of nitrogens with one attached hydrogen (secondary N) is 1. The summed E-state index contributed by atoms with van der Waals surface area (Å²) in [6.07, 6.45) is 3.10. The van der Waals surface area contributed by atoms with E-state index in [1.54, 1.807) is 0 Å². The van der Waals surface area contributed by atoms with E-state index in [9.17, 15) is 0 Å². The van der Waals surface area contributed by atoms with Gasteiger partial charge in [-0.25, -0.2) is 4.98 Å². The van der Waals surface area contributed by atoms with Gasteiger partial charge in [0.05, 0.1) is 11.4 Å². The van der Waals surface area contributed by atoms with Crippen molar-refractivity contribution >= 4 is 27.1 Å². The molecule has 2 heterocycles. The van der Waals surface area contributed by atoms with E-state index in [0.29, 0.717) is 6.04 Å². The molecule has 1 unspecified atom stereocenters. The van der Waals surface area contributed by atoms with Gasteiger partial charge in [-0.15, -0.1) is 5.10 Å². The van der Waals surface area contributed by atoms with Crippen molar-refractivity contribution in [3.63, 3.8) is 0 Å². The molecule has 0 saturated heterocycles. The average molecular weight is 430 g/mol. The predicted octanol–water partition coefficient (Wildman–Crippen LogP) is 4.74. The van der Waals surface area contributed by atoms with Gasteiger partial charge in [0.1, 0.15) is 5.52 Å². The van der Waals surface area contributed by atoms with E-state index in [4.69, 9.17) is 4.98 Å². The highest BCUT2D eigenvalue weighted by Gasteiger charge is 2.20. The number of aryl methyl sites for hydroxylation is 5. The molecular weight excluding hydrogens is 402 g/mol. The van der Waals surface area contributed by atoms with Crippen molar-refractivity contribution in [1.29, 1.82) is 0 Å². The first-order valence-corrected chi connectivity index (χ1v) is 10.3. The Morgan fingerprint density at radius 1 is 1.15 bits per heavy atom. The SMILES string of the molecule is CCC(CCc1c(Br)c(C)nc2c1nnn2-c1c(C)cc(C)cc1C)NC. The summed E-state index contributed by atoms with van der Waals surface area (Å²) in [6, 6.07) is 4.86. The van der Waals surface area contributed by atoms with E-state index in [-0.39, 0.29) is 0 Å². The summed E-state index contributed by atoms with van der Waals surface area (Å²) in [5.41, 5.74) is 8.58. The molecule has 0 aliphatic heterocycles. The fraction of sp³-hybridized carbons (Fsp3) is 0.476. The van der Waals surface area contributed by atoms with Crippen LogP contribution < -0.4 is 5.32 Å². The van der Waals surface area contributed by atoms with Crippen LogP contribution in [-0.2, 0) is 6.42 Å². The summed E-state index contributed by atoms with van der Waals surface area (Å²) in [6.45, 7) is 10.6. The zero-order valence-electron chi connectivity index (χ0n) is 17.0. The lowest BCUT2D eigenvalue weighted by Crippen LogP contribution is -2.24. The second-order valence-electron chi connectivity index (χ2n) is 7.34. The Bertz CT molecular complexity index is 949. The fourth-order valence-electron chi connectivity index (χ4n) is 3.86. The number of hydrogen-bond donors (Lipinski definition) is 1. The number of nitrogens with zero attached hydrogens (tertiary/aromatic N) is 4. The van der Waals surface area contributed by atoms with Gasteiger partial charge in [-0.2, -0.15) is 4.68 Å². The second kappa shape index (κ2) is 8.07. The minimum absolute atomic E-state index is 0.497. The maximum absolute atomic E-state index is 4.82. The average Bonchev–Trinajstić information content (AvgIpc) is 3.01. The van der Waals surface area contributed by atoms with Crippen LogP contribution in [0.5, 0.6) is 0 Å². The monoisotopic (exact) mass is 429 g/mol. The van der Waals surface area contributed by atoms with E-state index in [1.807, 2.05) is 18.7 Å². The molecule has 5 nitrogen and oxygen atoms in total. The summed E-state index contributed by atoms with van der Waals surface area (Å²) < 4.78 is 2.95. The molecule has 0 aliphatic carbocycles. The Morgan fingerprint density at radius 2 is 1.81 bits per heavy atom. The van der Waals surface area contributed by atoms with Crippen molar-refractivity contribution in [3.8, 4) is 5.69 Å². The quantitative estimate of drug-likeness (QED) is 0.614. The molecule has 0 radical (unpaired) electrons. The van der Waals surface area contributed by atoms with Gasteiger partial charge in [0, 0.05) is 10.5 Å². The van der Waals surface area contributed by atoms with Gasteiger partial charge in [0.2, 0.25) is 0 Å². The Hall–Kier alpha value is -1.79. The molecule has 0 amide bonds. The van der Waals surface area contributed by atoms with Crippen LogP contribution >= 0.6 is 15.9 Å². The van der Waals surface area contributed by atoms with Gasteiger partial charge >= 0.3 is 0 Å². The number of fused-ring (bicyclic) bond motifs is 1. The number of aromatic nitrogens is 4. The molecule has 1 atom stereocenters. The van der Waals surface area contributed by atoms with E-state index in [0.717, 1.165) is 46.3 Å². The zero-order chi connectivity index (χ0) is 19.7. The Balaban J connectivity index is 2.14. The van der Waals surface area contributed by atoms with Gasteiger partial charge in [0.25, 0.3) is 0 Å². The third-order valence-electron chi connectivity index (χ3n) is 5.28. The lowest BCUT2D eigenvalue weighted by atomic mass is 10.0. The van der Waals surface area contributed by atoms with Gasteiger partial charge in [-0.05, 0) is 86.6 Å². The Labute approximate surface area is 169 Å². The molecule has 2 aromatic heterocycles. The molecule has 0 aliphatic rings. The summed E-state index contributed by atoms with van der Waals surface area (Å²) in [5, 5.41) is 12.4. The van der Waals surface area contributed by atoms with Crippen molar-refractivity contribution in [1.82, 2.24) is 25.3 Å². The van der Waals surface area contributed by atoms with E-state index >= 15 is 0 Å². The summed E-state index contributed by atoms with van der Waals surface area (Å²) >= 11 is 3.74. The lowest BCUT2D eigenvalue weighted by Gasteiger charge is -2.15. The molecule has 1 N–H and O–H groups in total. The minimum atomic E-state index is 0.497. The molecule has 6 heteroatoms. The Kier molecular flexibility index (Phi) is 5.96. The van der Waals surface area contributed by atoms with Gasteiger partial charge < -0.3 is 5.32 Å². The number of benzene rings is 1. The minimum Gasteiger partial charge on any atom is -0.317 e. The van der Waals surface area contributed by atoms with Crippen LogP contribution in [0.15, 0.2) is 16.6 Å². The van der Waals surface area contributed by atoms with Gasteiger partial charge in [-0.3, -0.25) is 0 Å². The third-order valence-corrected chi connectivity index (χ3v) is 6.33. The maximum atomic E-state index is 4.82. The summed E-state index contributed by atoms with van der Waals surface area (Å²) in [4.78, 5) is 4.82. The molecule has 0 saturated carbocycles. The molecule has 1 aromatic carbocycles. The van der Waals surface area contributed by atoms with Crippen molar-refractivity contribution < 1.29 is 0 Å². The standard InChI is InChI=1S/C21H28BrN5/c1-7-16(23-6)8-9-17-18(22)15(5)24-21-19(17)25-26-27(21)20-13(3)10-12(2)11-14(20)4/h10-11,16,23H,7-9H2,1-6H3. The van der Waals surface area contributed by atoms with Crippen LogP contribution in [0.3, 0.4) is 0 Å². The number of pyridine rings is 1. The van der Waals surface area contributed by atoms with Gasteiger partial charge in [0.15, 0.2) is 5.65 Å². The molecule has 0 fully saturated rings. The molecule has 0 bridgehead atoms. The highest BCUT2D eigenvalue weighted by atomic mass is 79.9. The molecule has 27 heavy (non-hydrogen) atoms. The maximum Gasteiger partial charge on any atom is 0.184 e. The lowest BCUT2D eigenvalue weighted by molar-refractivity contribution is 0.509. The fourth-order valence-corrected chi connectivity index (χ4v) is 4.33. The third kappa shape index (κ3) is 3.78. The van der Waals surface area contributed by atoms with Crippen LogP contribution in [-0.4, -0.2) is 33.1 Å². The highest BCUT2D eigenvalue weighted by molar-refractivity contribution is 9.10. The van der Waals surface area contributed by atoms with Crippen LogP contribution in [0.4, 0.5) is 0 Å². The largest absolute Gasteiger partial charge is 0.317 e. The molecule has 3 rings (SSSR count). The van der Waals surface area contributed by atoms with E-state index in [2.05, 4.69) is 71.4 Å². The van der Waals surface area contributed by atoms with Crippen LogP contribution in [0.1, 0.15) is 47.7 Å². The van der Waals surface area contributed by atoms with Crippen LogP contribution in [0.2, 0.25) is 0 Å². The summed E-state index contributed by atoms with van der Waals surface area (Å²) in [5.74, 6) is 0. The second-order valence-corrected chi connectivity index (χ2v) is 8.14. The first-order valence-electron chi connectivity index (χ1n) is 9.53. The first kappa shape index (κ1) is 20.0. The van der Waals surface area contributed by atoms with Crippen molar-refractivity contribution in [2.75, 3.05) is 7.05 Å².